The third-order valence-electron chi connectivity index (χ3n) is 9.86. The number of benzene rings is 4. The van der Waals surface area contributed by atoms with Gasteiger partial charge in [0.15, 0.2) is 0 Å². The summed E-state index contributed by atoms with van der Waals surface area (Å²) >= 11 is 6.29. The molecule has 2 aliphatic carbocycles. The summed E-state index contributed by atoms with van der Waals surface area (Å²) in [5.41, 5.74) is 9.19. The Balaban J connectivity index is 1.65. The molecule has 0 bridgehead atoms. The second kappa shape index (κ2) is 9.83. The van der Waals surface area contributed by atoms with Gasteiger partial charge in [-0.05, 0) is 73.8 Å². The van der Waals surface area contributed by atoms with Crippen LogP contribution in [0.3, 0.4) is 0 Å². The largest absolute Gasteiger partial charge is 0.376 e. The SMILES string of the molecule is CC(C)(C)c1ccc(C2=CCC(C)(C(C)(C)C)C=C2)c(C2(O)c3ccccc3-c3cccc(-c4ccc(Cl)cc4)c32)c1. The van der Waals surface area contributed by atoms with E-state index in [9.17, 15) is 5.11 Å². The van der Waals surface area contributed by atoms with Gasteiger partial charge in [-0.3, -0.25) is 0 Å². The lowest BCUT2D eigenvalue weighted by atomic mass is 9.63. The monoisotopic (exact) mass is 572 g/mol. The first-order valence-corrected chi connectivity index (χ1v) is 15.4. The zero-order valence-electron chi connectivity index (χ0n) is 25.8. The van der Waals surface area contributed by atoms with E-state index in [-0.39, 0.29) is 16.2 Å². The van der Waals surface area contributed by atoms with E-state index in [1.807, 2.05) is 30.3 Å². The molecule has 0 aliphatic heterocycles. The van der Waals surface area contributed by atoms with Crippen LogP contribution in [-0.4, -0.2) is 5.11 Å². The lowest BCUT2D eigenvalue weighted by molar-refractivity contribution is 0.131. The Morgan fingerprint density at radius 2 is 1.38 bits per heavy atom. The van der Waals surface area contributed by atoms with E-state index in [1.54, 1.807) is 0 Å². The maximum atomic E-state index is 13.4. The van der Waals surface area contributed by atoms with E-state index >= 15 is 0 Å². The molecule has 0 saturated heterocycles. The summed E-state index contributed by atoms with van der Waals surface area (Å²) in [5.74, 6) is 0. The molecule has 1 N–H and O–H groups in total. The van der Waals surface area contributed by atoms with Crippen LogP contribution in [0.25, 0.3) is 27.8 Å². The number of fused-ring (bicyclic) bond motifs is 3. The zero-order chi connectivity index (χ0) is 30.1. The van der Waals surface area contributed by atoms with Crippen molar-refractivity contribution in [2.45, 2.75) is 65.9 Å². The third kappa shape index (κ3) is 4.50. The normalized spacial score (nSPS) is 21.6. The smallest absolute Gasteiger partial charge is 0.142 e. The number of hydrogen-bond acceptors (Lipinski definition) is 1. The lowest BCUT2D eigenvalue weighted by Crippen LogP contribution is -2.32. The first-order chi connectivity index (χ1) is 19.7. The van der Waals surface area contributed by atoms with Crippen molar-refractivity contribution >= 4 is 17.2 Å². The minimum absolute atomic E-state index is 0.0627. The number of rotatable bonds is 3. The third-order valence-corrected chi connectivity index (χ3v) is 10.1. The Labute approximate surface area is 256 Å². The van der Waals surface area contributed by atoms with Crippen LogP contribution >= 0.6 is 11.6 Å². The Hall–Kier alpha value is -3.39. The Morgan fingerprint density at radius 1 is 0.714 bits per heavy atom. The van der Waals surface area contributed by atoms with Gasteiger partial charge in [0.1, 0.15) is 5.60 Å². The van der Waals surface area contributed by atoms with E-state index in [1.165, 1.54) is 5.56 Å². The summed E-state index contributed by atoms with van der Waals surface area (Å²) in [5, 5.41) is 14.1. The molecule has 4 aromatic rings. The zero-order valence-corrected chi connectivity index (χ0v) is 26.6. The van der Waals surface area contributed by atoms with E-state index in [0.29, 0.717) is 5.02 Å². The molecule has 2 heteroatoms. The summed E-state index contributed by atoms with van der Waals surface area (Å²) in [6, 6.07) is 29.4. The van der Waals surface area contributed by atoms with Crippen molar-refractivity contribution in [1.82, 2.24) is 0 Å². The van der Waals surface area contributed by atoms with Crippen LogP contribution in [0.5, 0.6) is 0 Å². The maximum Gasteiger partial charge on any atom is 0.142 e. The number of hydrogen-bond donors (Lipinski definition) is 1. The quantitative estimate of drug-likeness (QED) is 0.259. The molecule has 42 heavy (non-hydrogen) atoms. The van der Waals surface area contributed by atoms with Gasteiger partial charge in [0.25, 0.3) is 0 Å². The molecule has 2 atom stereocenters. The maximum absolute atomic E-state index is 13.4. The molecule has 0 amide bonds. The number of allylic oxidation sites excluding steroid dienone is 4. The van der Waals surface area contributed by atoms with Crippen molar-refractivity contribution in [3.05, 3.63) is 136 Å². The Morgan fingerprint density at radius 3 is 2.02 bits per heavy atom. The fourth-order valence-corrected chi connectivity index (χ4v) is 6.66. The van der Waals surface area contributed by atoms with E-state index in [0.717, 1.165) is 56.5 Å². The molecular formula is C40H41ClO. The van der Waals surface area contributed by atoms with Gasteiger partial charge in [0.05, 0.1) is 0 Å². The minimum atomic E-state index is -1.35. The molecule has 2 aliphatic rings. The molecular weight excluding hydrogens is 532 g/mol. The van der Waals surface area contributed by atoms with Gasteiger partial charge in [-0.15, -0.1) is 0 Å². The molecule has 4 aromatic carbocycles. The summed E-state index contributed by atoms with van der Waals surface area (Å²) in [6.07, 6.45) is 7.98. The molecule has 0 saturated carbocycles. The standard InChI is InChI=1S/C40H41ClO/c1-37(2,3)28-17-20-30(27-21-23-39(7,24-22-27)38(4,5)6)35(25-28)40(42)34-14-9-8-11-32(34)33-13-10-12-31(36(33)40)26-15-18-29(41)19-16-26/h8-23,25,42H,24H2,1-7H3. The van der Waals surface area contributed by atoms with Crippen LogP contribution < -0.4 is 0 Å². The van der Waals surface area contributed by atoms with Gasteiger partial charge in [-0.25, -0.2) is 0 Å². The highest BCUT2D eigenvalue weighted by Crippen LogP contribution is 2.56. The highest BCUT2D eigenvalue weighted by atomic mass is 35.5. The highest BCUT2D eigenvalue weighted by molar-refractivity contribution is 6.30. The molecule has 0 heterocycles. The topological polar surface area (TPSA) is 20.2 Å². The van der Waals surface area contributed by atoms with Crippen LogP contribution in [-0.2, 0) is 11.0 Å². The molecule has 6 rings (SSSR count). The van der Waals surface area contributed by atoms with E-state index in [4.69, 9.17) is 11.6 Å². The molecule has 0 spiro atoms. The second-order valence-electron chi connectivity index (χ2n) is 14.4. The van der Waals surface area contributed by atoms with E-state index < -0.39 is 5.60 Å². The predicted octanol–water partition coefficient (Wildman–Crippen LogP) is 11.0. The molecule has 1 nitrogen and oxygen atoms in total. The lowest BCUT2D eigenvalue weighted by Gasteiger charge is -2.41. The van der Waals surface area contributed by atoms with Crippen LogP contribution in [0.1, 0.15) is 82.7 Å². The molecule has 0 aromatic heterocycles. The summed E-state index contributed by atoms with van der Waals surface area (Å²) in [6.45, 7) is 16.0. The van der Waals surface area contributed by atoms with E-state index in [2.05, 4.69) is 121 Å². The van der Waals surface area contributed by atoms with Crippen LogP contribution in [0, 0.1) is 10.8 Å². The van der Waals surface area contributed by atoms with Crippen LogP contribution in [0.15, 0.2) is 103 Å². The minimum Gasteiger partial charge on any atom is -0.376 e. The van der Waals surface area contributed by atoms with Crippen molar-refractivity contribution in [2.75, 3.05) is 0 Å². The average Bonchev–Trinajstić information content (AvgIpc) is 3.22. The fourth-order valence-electron chi connectivity index (χ4n) is 6.53. The van der Waals surface area contributed by atoms with Crippen LogP contribution in [0.2, 0.25) is 5.02 Å². The summed E-state index contributed by atoms with van der Waals surface area (Å²) in [7, 11) is 0. The Bertz CT molecular complexity index is 1740. The summed E-state index contributed by atoms with van der Waals surface area (Å²) < 4.78 is 0. The highest BCUT2D eigenvalue weighted by Gasteiger charge is 2.47. The molecule has 0 radical (unpaired) electrons. The van der Waals surface area contributed by atoms with Gasteiger partial charge in [-0.1, -0.05) is 151 Å². The van der Waals surface area contributed by atoms with Crippen molar-refractivity contribution in [3.8, 4) is 22.3 Å². The predicted molar refractivity (Wildman–Crippen MR) is 179 cm³/mol. The molecule has 0 fully saturated rings. The fraction of sp³-hybridized carbons (Fsp3) is 0.300. The molecule has 2 unspecified atom stereocenters. The van der Waals surface area contributed by atoms with Gasteiger partial charge in [0.2, 0.25) is 0 Å². The van der Waals surface area contributed by atoms with Crippen molar-refractivity contribution < 1.29 is 5.11 Å². The number of aliphatic hydroxyl groups is 1. The molecule has 214 valence electrons. The first kappa shape index (κ1) is 28.7. The average molecular weight is 573 g/mol. The number of halogens is 1. The summed E-state index contributed by atoms with van der Waals surface area (Å²) in [4.78, 5) is 0. The van der Waals surface area contributed by atoms with Gasteiger partial charge in [-0.2, -0.15) is 0 Å². The van der Waals surface area contributed by atoms with Crippen molar-refractivity contribution in [3.63, 3.8) is 0 Å². The Kier molecular flexibility index (Phi) is 6.72. The van der Waals surface area contributed by atoms with Gasteiger partial charge in [0, 0.05) is 21.7 Å². The van der Waals surface area contributed by atoms with Crippen molar-refractivity contribution in [2.24, 2.45) is 10.8 Å². The van der Waals surface area contributed by atoms with Gasteiger partial charge < -0.3 is 5.11 Å². The second-order valence-corrected chi connectivity index (χ2v) is 14.8. The van der Waals surface area contributed by atoms with Crippen LogP contribution in [0.4, 0.5) is 0 Å². The first-order valence-electron chi connectivity index (χ1n) is 15.0. The van der Waals surface area contributed by atoms with Crippen molar-refractivity contribution in [1.29, 1.82) is 0 Å². The van der Waals surface area contributed by atoms with Gasteiger partial charge >= 0.3 is 0 Å².